The summed E-state index contributed by atoms with van der Waals surface area (Å²) in [5, 5.41) is 24.7. The van der Waals surface area contributed by atoms with Crippen LogP contribution in [0.15, 0.2) is 46.9 Å². The van der Waals surface area contributed by atoms with Gasteiger partial charge in [-0.3, -0.25) is 19.5 Å². The van der Waals surface area contributed by atoms with E-state index in [1.807, 2.05) is 17.5 Å². The number of aromatic nitrogens is 3. The van der Waals surface area contributed by atoms with Gasteiger partial charge in [-0.25, -0.2) is 0 Å². The standard InChI is InChI=1S/C17H15N5O3S2/c23-15(18-11-3-5-13(6-4-11)22(24)25)10-27-17-20-19-16(14-2-1-9-26-14)21(17)12-7-8-12/h1-6,9,12H,7-8,10H2,(H,18,23). The summed E-state index contributed by atoms with van der Waals surface area (Å²) < 4.78 is 2.12. The number of nitrogens with zero attached hydrogens (tertiary/aromatic N) is 4. The highest BCUT2D eigenvalue weighted by Crippen LogP contribution is 2.41. The second-order valence-electron chi connectivity index (χ2n) is 6.03. The number of non-ortho nitro benzene ring substituents is 1. The molecule has 1 saturated carbocycles. The second kappa shape index (κ2) is 7.49. The molecule has 0 bridgehead atoms. The van der Waals surface area contributed by atoms with Gasteiger partial charge in [0.1, 0.15) is 0 Å². The molecule has 2 heterocycles. The maximum absolute atomic E-state index is 12.2. The van der Waals surface area contributed by atoms with Crippen LogP contribution in [0.2, 0.25) is 0 Å². The number of carbonyl (C=O) groups excluding carboxylic acids is 1. The van der Waals surface area contributed by atoms with Crippen LogP contribution in [0.3, 0.4) is 0 Å². The zero-order valence-corrected chi connectivity index (χ0v) is 15.7. The minimum absolute atomic E-state index is 0.0129. The molecule has 1 aromatic carbocycles. The third kappa shape index (κ3) is 4.01. The molecule has 1 aliphatic carbocycles. The lowest BCUT2D eigenvalue weighted by Gasteiger charge is -2.08. The Balaban J connectivity index is 1.41. The first kappa shape index (κ1) is 17.7. The predicted molar refractivity (Wildman–Crippen MR) is 104 cm³/mol. The van der Waals surface area contributed by atoms with Gasteiger partial charge in [0.25, 0.3) is 5.69 Å². The van der Waals surface area contributed by atoms with E-state index in [4.69, 9.17) is 0 Å². The van der Waals surface area contributed by atoms with Crippen molar-refractivity contribution in [2.45, 2.75) is 24.0 Å². The molecule has 1 fully saturated rings. The highest BCUT2D eigenvalue weighted by molar-refractivity contribution is 7.99. The predicted octanol–water partition coefficient (Wildman–Crippen LogP) is 3.98. The molecule has 1 aliphatic rings. The van der Waals surface area contributed by atoms with Crippen molar-refractivity contribution in [3.8, 4) is 10.7 Å². The normalized spacial score (nSPS) is 13.5. The second-order valence-corrected chi connectivity index (χ2v) is 7.92. The molecule has 2 aromatic heterocycles. The molecule has 0 radical (unpaired) electrons. The third-order valence-corrected chi connectivity index (χ3v) is 5.82. The van der Waals surface area contributed by atoms with E-state index >= 15 is 0 Å². The summed E-state index contributed by atoms with van der Waals surface area (Å²) in [7, 11) is 0. The van der Waals surface area contributed by atoms with Crippen molar-refractivity contribution in [2.24, 2.45) is 0 Å². The quantitative estimate of drug-likeness (QED) is 0.365. The number of hydrogen-bond donors (Lipinski definition) is 1. The Morgan fingerprint density at radius 1 is 1.30 bits per heavy atom. The molecule has 0 saturated heterocycles. The molecule has 0 atom stereocenters. The Morgan fingerprint density at radius 2 is 2.07 bits per heavy atom. The molecule has 27 heavy (non-hydrogen) atoms. The number of benzene rings is 1. The molecule has 4 rings (SSSR count). The van der Waals surface area contributed by atoms with Gasteiger partial charge < -0.3 is 5.32 Å². The lowest BCUT2D eigenvalue weighted by molar-refractivity contribution is -0.384. The number of anilines is 1. The highest BCUT2D eigenvalue weighted by atomic mass is 32.2. The summed E-state index contributed by atoms with van der Waals surface area (Å²) in [6.07, 6.45) is 2.19. The van der Waals surface area contributed by atoms with Crippen LogP contribution >= 0.6 is 23.1 Å². The average molecular weight is 401 g/mol. The van der Waals surface area contributed by atoms with Crippen molar-refractivity contribution in [1.29, 1.82) is 0 Å². The topological polar surface area (TPSA) is 103 Å². The SMILES string of the molecule is O=C(CSc1nnc(-c2cccs2)n1C1CC1)Nc1ccc([N+](=O)[O-])cc1. The number of amides is 1. The Morgan fingerprint density at radius 3 is 2.70 bits per heavy atom. The molecular formula is C17H15N5O3S2. The van der Waals surface area contributed by atoms with Gasteiger partial charge in [0.05, 0.1) is 15.6 Å². The van der Waals surface area contributed by atoms with Crippen LogP contribution in [0, 0.1) is 10.1 Å². The average Bonchev–Trinajstić information content (AvgIpc) is 3.18. The summed E-state index contributed by atoms with van der Waals surface area (Å²) in [6, 6.07) is 10.2. The number of nitrogens with one attached hydrogen (secondary N) is 1. The van der Waals surface area contributed by atoms with E-state index in [0.717, 1.165) is 28.7 Å². The van der Waals surface area contributed by atoms with E-state index in [9.17, 15) is 14.9 Å². The number of rotatable bonds is 7. The third-order valence-electron chi connectivity index (χ3n) is 4.01. The zero-order chi connectivity index (χ0) is 18.8. The van der Waals surface area contributed by atoms with Crippen molar-refractivity contribution in [3.63, 3.8) is 0 Å². The largest absolute Gasteiger partial charge is 0.325 e. The fourth-order valence-electron chi connectivity index (χ4n) is 2.60. The van der Waals surface area contributed by atoms with Crippen LogP contribution in [-0.2, 0) is 4.79 Å². The van der Waals surface area contributed by atoms with Gasteiger partial charge in [-0.05, 0) is 36.4 Å². The number of nitro groups is 1. The maximum Gasteiger partial charge on any atom is 0.269 e. The first-order valence-corrected chi connectivity index (χ1v) is 10.1. The maximum atomic E-state index is 12.2. The van der Waals surface area contributed by atoms with Gasteiger partial charge in [-0.2, -0.15) is 0 Å². The number of thiophene rings is 1. The number of thioether (sulfide) groups is 1. The van der Waals surface area contributed by atoms with Gasteiger partial charge in [0, 0.05) is 23.9 Å². The Bertz CT molecular complexity index is 965. The van der Waals surface area contributed by atoms with Crippen molar-refractivity contribution in [3.05, 3.63) is 51.9 Å². The lowest BCUT2D eigenvalue weighted by Crippen LogP contribution is -2.14. The van der Waals surface area contributed by atoms with Gasteiger partial charge in [-0.1, -0.05) is 17.8 Å². The van der Waals surface area contributed by atoms with Crippen molar-refractivity contribution >= 4 is 40.4 Å². The van der Waals surface area contributed by atoms with E-state index in [1.54, 1.807) is 11.3 Å². The van der Waals surface area contributed by atoms with Gasteiger partial charge in [0.15, 0.2) is 11.0 Å². The molecule has 0 aliphatic heterocycles. The number of carbonyl (C=O) groups is 1. The van der Waals surface area contributed by atoms with Crippen LogP contribution in [0.5, 0.6) is 0 Å². The first-order chi connectivity index (χ1) is 13.1. The molecule has 10 heteroatoms. The Kier molecular flexibility index (Phi) is 4.90. The summed E-state index contributed by atoms with van der Waals surface area (Å²) in [4.78, 5) is 23.5. The van der Waals surface area contributed by atoms with E-state index < -0.39 is 4.92 Å². The highest BCUT2D eigenvalue weighted by Gasteiger charge is 2.30. The first-order valence-electron chi connectivity index (χ1n) is 8.27. The van der Waals surface area contributed by atoms with Crippen LogP contribution in [0.25, 0.3) is 10.7 Å². The fraction of sp³-hybridized carbons (Fsp3) is 0.235. The lowest BCUT2D eigenvalue weighted by atomic mass is 10.3. The molecule has 8 nitrogen and oxygen atoms in total. The van der Waals surface area contributed by atoms with Crippen molar-refractivity contribution in [2.75, 3.05) is 11.1 Å². The summed E-state index contributed by atoms with van der Waals surface area (Å²) in [5.74, 6) is 0.842. The summed E-state index contributed by atoms with van der Waals surface area (Å²) in [6.45, 7) is 0. The van der Waals surface area contributed by atoms with E-state index in [1.165, 1.54) is 36.0 Å². The number of nitro benzene ring substituents is 1. The van der Waals surface area contributed by atoms with Gasteiger partial charge in [0.2, 0.25) is 5.91 Å². The van der Waals surface area contributed by atoms with Crippen molar-refractivity contribution < 1.29 is 9.72 Å². The van der Waals surface area contributed by atoms with E-state index in [-0.39, 0.29) is 17.3 Å². The molecule has 0 unspecified atom stereocenters. The molecule has 0 spiro atoms. The van der Waals surface area contributed by atoms with Crippen LogP contribution < -0.4 is 5.32 Å². The molecule has 3 aromatic rings. The Hall–Kier alpha value is -2.72. The smallest absolute Gasteiger partial charge is 0.269 e. The fourth-order valence-corrected chi connectivity index (χ4v) is 4.12. The summed E-state index contributed by atoms with van der Waals surface area (Å²) in [5.41, 5.74) is 0.509. The molecule has 138 valence electrons. The monoisotopic (exact) mass is 401 g/mol. The summed E-state index contributed by atoms with van der Waals surface area (Å²) >= 11 is 2.96. The van der Waals surface area contributed by atoms with Crippen molar-refractivity contribution in [1.82, 2.24) is 14.8 Å². The minimum atomic E-state index is -0.475. The van der Waals surface area contributed by atoms with Crippen LogP contribution in [-0.4, -0.2) is 31.3 Å². The van der Waals surface area contributed by atoms with E-state index in [2.05, 4.69) is 20.1 Å². The van der Waals surface area contributed by atoms with Gasteiger partial charge in [-0.15, -0.1) is 21.5 Å². The van der Waals surface area contributed by atoms with Crippen LogP contribution in [0.1, 0.15) is 18.9 Å². The molecular weight excluding hydrogens is 386 g/mol. The van der Waals surface area contributed by atoms with Crippen LogP contribution in [0.4, 0.5) is 11.4 Å². The minimum Gasteiger partial charge on any atom is -0.325 e. The molecule has 1 amide bonds. The van der Waals surface area contributed by atoms with Gasteiger partial charge >= 0.3 is 0 Å². The number of hydrogen-bond acceptors (Lipinski definition) is 7. The zero-order valence-electron chi connectivity index (χ0n) is 14.1. The van der Waals surface area contributed by atoms with E-state index in [0.29, 0.717) is 11.7 Å². The molecule has 1 N–H and O–H groups in total. The Labute approximate surface area is 162 Å².